The summed E-state index contributed by atoms with van der Waals surface area (Å²) in [6.45, 7) is 6.31. The van der Waals surface area contributed by atoms with E-state index in [1.807, 2.05) is 42.8 Å². The van der Waals surface area contributed by atoms with Crippen molar-refractivity contribution in [1.82, 2.24) is 15.0 Å². The predicted molar refractivity (Wildman–Crippen MR) is 79.2 cm³/mol. The highest BCUT2D eigenvalue weighted by molar-refractivity contribution is 6.28. The third kappa shape index (κ3) is 3.39. The number of furan rings is 1. The van der Waals surface area contributed by atoms with Gasteiger partial charge in [-0.15, -0.1) is 0 Å². The van der Waals surface area contributed by atoms with Gasteiger partial charge in [-0.3, -0.25) is 0 Å². The Balaban J connectivity index is 2.22. The van der Waals surface area contributed by atoms with Crippen molar-refractivity contribution in [1.29, 1.82) is 0 Å². The molecule has 0 unspecified atom stereocenters. The summed E-state index contributed by atoms with van der Waals surface area (Å²) in [5.74, 6) is 1.97. The molecule has 0 N–H and O–H groups in total. The Bertz CT molecular complexity index is 542. The van der Waals surface area contributed by atoms with Crippen molar-refractivity contribution < 1.29 is 4.42 Å². The van der Waals surface area contributed by atoms with E-state index in [9.17, 15) is 0 Å². The smallest absolute Gasteiger partial charge is 0.231 e. The molecule has 0 aliphatic carbocycles. The maximum atomic E-state index is 5.99. The standard InChI is InChI=1S/C13H18ClN5O/c1-4-19(5-2)13-16-11(14)15-12(17-13)18(3)9-10-7-6-8-20-10/h6-8H,4-5,9H2,1-3H3. The second-order valence-electron chi connectivity index (χ2n) is 4.31. The SMILES string of the molecule is CCN(CC)c1nc(Cl)nc(N(C)Cc2ccco2)n1. The molecule has 0 atom stereocenters. The van der Waals surface area contributed by atoms with Crippen LogP contribution in [0.15, 0.2) is 22.8 Å². The molecule has 0 aliphatic heterocycles. The molecule has 6 nitrogen and oxygen atoms in total. The average Bonchev–Trinajstić information content (AvgIpc) is 2.92. The molecule has 0 saturated carbocycles. The summed E-state index contributed by atoms with van der Waals surface area (Å²) < 4.78 is 5.32. The highest BCUT2D eigenvalue weighted by Crippen LogP contribution is 2.17. The highest BCUT2D eigenvalue weighted by atomic mass is 35.5. The fourth-order valence-electron chi connectivity index (χ4n) is 1.86. The lowest BCUT2D eigenvalue weighted by atomic mass is 10.4. The molecular weight excluding hydrogens is 278 g/mol. The number of halogens is 1. The van der Waals surface area contributed by atoms with Crippen LogP contribution in [0.1, 0.15) is 19.6 Å². The van der Waals surface area contributed by atoms with E-state index in [1.54, 1.807) is 6.26 Å². The van der Waals surface area contributed by atoms with E-state index >= 15 is 0 Å². The second kappa shape index (κ2) is 6.56. The molecule has 108 valence electrons. The lowest BCUT2D eigenvalue weighted by Gasteiger charge is -2.21. The van der Waals surface area contributed by atoms with Gasteiger partial charge in [-0.1, -0.05) is 0 Å². The normalized spacial score (nSPS) is 10.6. The summed E-state index contributed by atoms with van der Waals surface area (Å²) in [5, 5.41) is 0.197. The van der Waals surface area contributed by atoms with E-state index in [1.165, 1.54) is 0 Å². The van der Waals surface area contributed by atoms with Crippen LogP contribution < -0.4 is 9.80 Å². The minimum absolute atomic E-state index is 0.197. The quantitative estimate of drug-likeness (QED) is 0.816. The van der Waals surface area contributed by atoms with Gasteiger partial charge in [0.2, 0.25) is 17.2 Å². The molecule has 0 saturated heterocycles. The van der Waals surface area contributed by atoms with Crippen LogP contribution in [0.4, 0.5) is 11.9 Å². The Morgan fingerprint density at radius 2 is 1.85 bits per heavy atom. The summed E-state index contributed by atoms with van der Waals surface area (Å²) in [6, 6.07) is 3.76. The van der Waals surface area contributed by atoms with Crippen molar-refractivity contribution in [2.24, 2.45) is 0 Å². The maximum absolute atomic E-state index is 5.99. The fraction of sp³-hybridized carbons (Fsp3) is 0.462. The van der Waals surface area contributed by atoms with E-state index in [4.69, 9.17) is 16.0 Å². The maximum Gasteiger partial charge on any atom is 0.231 e. The van der Waals surface area contributed by atoms with Crippen LogP contribution in [0.2, 0.25) is 5.28 Å². The molecule has 7 heteroatoms. The van der Waals surface area contributed by atoms with Crippen LogP contribution in [-0.4, -0.2) is 35.1 Å². The zero-order valence-corrected chi connectivity index (χ0v) is 12.6. The summed E-state index contributed by atoms with van der Waals surface area (Å²) in [4.78, 5) is 16.7. The molecule has 2 rings (SSSR count). The summed E-state index contributed by atoms with van der Waals surface area (Å²) in [6.07, 6.45) is 1.64. The van der Waals surface area contributed by atoms with Crippen LogP contribution in [-0.2, 0) is 6.54 Å². The molecule has 2 aromatic heterocycles. The van der Waals surface area contributed by atoms with Gasteiger partial charge in [-0.2, -0.15) is 15.0 Å². The van der Waals surface area contributed by atoms with Crippen LogP contribution in [0.5, 0.6) is 0 Å². The largest absolute Gasteiger partial charge is 0.467 e. The molecule has 0 aromatic carbocycles. The van der Waals surface area contributed by atoms with Gasteiger partial charge in [-0.25, -0.2) is 0 Å². The van der Waals surface area contributed by atoms with Gasteiger partial charge >= 0.3 is 0 Å². The number of hydrogen-bond acceptors (Lipinski definition) is 6. The van der Waals surface area contributed by atoms with Crippen LogP contribution in [0.25, 0.3) is 0 Å². The first-order valence-corrected chi connectivity index (χ1v) is 6.91. The topological polar surface area (TPSA) is 58.3 Å². The van der Waals surface area contributed by atoms with E-state index in [-0.39, 0.29) is 5.28 Å². The van der Waals surface area contributed by atoms with Crippen LogP contribution >= 0.6 is 11.6 Å². The Kier molecular flexibility index (Phi) is 4.79. The first kappa shape index (κ1) is 14.6. The van der Waals surface area contributed by atoms with Gasteiger partial charge in [0, 0.05) is 20.1 Å². The molecule has 0 radical (unpaired) electrons. The molecule has 20 heavy (non-hydrogen) atoms. The van der Waals surface area contributed by atoms with E-state index in [2.05, 4.69) is 15.0 Å². The van der Waals surface area contributed by atoms with E-state index in [0.717, 1.165) is 18.8 Å². The molecule has 0 aliphatic rings. The highest BCUT2D eigenvalue weighted by Gasteiger charge is 2.13. The van der Waals surface area contributed by atoms with E-state index < -0.39 is 0 Å². The molecule has 2 aromatic rings. The number of anilines is 2. The fourth-order valence-corrected chi connectivity index (χ4v) is 2.01. The van der Waals surface area contributed by atoms with Crippen LogP contribution in [0, 0.1) is 0 Å². The number of rotatable bonds is 6. The Morgan fingerprint density at radius 3 is 2.45 bits per heavy atom. The number of nitrogens with zero attached hydrogens (tertiary/aromatic N) is 5. The van der Waals surface area contributed by atoms with Gasteiger partial charge in [-0.05, 0) is 37.6 Å². The Morgan fingerprint density at radius 1 is 1.15 bits per heavy atom. The van der Waals surface area contributed by atoms with Gasteiger partial charge in [0.15, 0.2) is 0 Å². The molecule has 0 spiro atoms. The lowest BCUT2D eigenvalue weighted by Crippen LogP contribution is -2.26. The van der Waals surface area contributed by atoms with Crippen molar-refractivity contribution in [3.63, 3.8) is 0 Å². The van der Waals surface area contributed by atoms with Gasteiger partial charge in [0.1, 0.15) is 5.76 Å². The molecular formula is C13H18ClN5O. The van der Waals surface area contributed by atoms with Gasteiger partial charge < -0.3 is 14.2 Å². The monoisotopic (exact) mass is 295 g/mol. The first-order valence-electron chi connectivity index (χ1n) is 6.54. The molecule has 0 amide bonds. The van der Waals surface area contributed by atoms with Crippen molar-refractivity contribution >= 4 is 23.5 Å². The predicted octanol–water partition coefficient (Wildman–Crippen LogP) is 2.60. The molecule has 0 fully saturated rings. The van der Waals surface area contributed by atoms with Crippen molar-refractivity contribution in [2.45, 2.75) is 20.4 Å². The van der Waals surface area contributed by atoms with Gasteiger partial charge in [0.05, 0.1) is 12.8 Å². The van der Waals surface area contributed by atoms with Crippen LogP contribution in [0.3, 0.4) is 0 Å². The summed E-state index contributed by atoms with van der Waals surface area (Å²) >= 11 is 5.99. The zero-order valence-electron chi connectivity index (χ0n) is 11.9. The minimum Gasteiger partial charge on any atom is -0.467 e. The lowest BCUT2D eigenvalue weighted by molar-refractivity contribution is 0.506. The third-order valence-electron chi connectivity index (χ3n) is 2.95. The second-order valence-corrected chi connectivity index (χ2v) is 4.65. The number of hydrogen-bond donors (Lipinski definition) is 0. The zero-order chi connectivity index (χ0) is 14.5. The molecule has 0 bridgehead atoms. The first-order chi connectivity index (χ1) is 9.63. The molecule has 2 heterocycles. The average molecular weight is 296 g/mol. The minimum atomic E-state index is 0.197. The third-order valence-corrected chi connectivity index (χ3v) is 3.11. The van der Waals surface area contributed by atoms with E-state index in [0.29, 0.717) is 18.4 Å². The van der Waals surface area contributed by atoms with Crippen molar-refractivity contribution in [2.75, 3.05) is 29.9 Å². The summed E-state index contributed by atoms with van der Waals surface area (Å²) in [7, 11) is 1.89. The van der Waals surface area contributed by atoms with Gasteiger partial charge in [0.25, 0.3) is 0 Å². The Labute approximate surface area is 123 Å². The van der Waals surface area contributed by atoms with Crippen molar-refractivity contribution in [3.8, 4) is 0 Å². The van der Waals surface area contributed by atoms with Crippen molar-refractivity contribution in [3.05, 3.63) is 29.4 Å². The Hall–Kier alpha value is -1.82. The number of aromatic nitrogens is 3. The summed E-state index contributed by atoms with van der Waals surface area (Å²) in [5.41, 5.74) is 0.